The first-order chi connectivity index (χ1) is 21.4. The van der Waals surface area contributed by atoms with E-state index in [1.807, 2.05) is 37.4 Å². The quantitative estimate of drug-likeness (QED) is 0.175. The van der Waals surface area contributed by atoms with Gasteiger partial charge in [0.15, 0.2) is 0 Å². The van der Waals surface area contributed by atoms with Crippen molar-refractivity contribution in [3.8, 4) is 34.3 Å². The Morgan fingerprint density at radius 3 is 2.61 bits per heavy atom. The van der Waals surface area contributed by atoms with Crippen LogP contribution in [0.5, 0.6) is 0 Å². The molecule has 0 amide bonds. The lowest BCUT2D eigenvalue weighted by atomic mass is 9.80. The minimum absolute atomic E-state index is 0.121. The van der Waals surface area contributed by atoms with Gasteiger partial charge in [0.25, 0.3) is 5.56 Å². The SMILES string of the molecule is Cc1cn[nH]c1-c1cc(C#N)ccc1-c1cc(C2CC2)nc(-n2cc(C3CC3)c3cc(CNCC4(O)CCC4)[nH]c3c2=O)c1. The van der Waals surface area contributed by atoms with Crippen molar-refractivity contribution >= 4 is 10.9 Å². The van der Waals surface area contributed by atoms with E-state index in [4.69, 9.17) is 4.98 Å². The van der Waals surface area contributed by atoms with Crippen molar-refractivity contribution in [3.63, 3.8) is 0 Å². The molecule has 0 saturated heterocycles. The number of aromatic amines is 2. The number of hydrogen-bond acceptors (Lipinski definition) is 6. The summed E-state index contributed by atoms with van der Waals surface area (Å²) in [7, 11) is 0. The van der Waals surface area contributed by atoms with Crippen LogP contribution in [-0.2, 0) is 6.54 Å². The second-order valence-corrected chi connectivity index (χ2v) is 13.0. The van der Waals surface area contributed by atoms with Gasteiger partial charge in [-0.2, -0.15) is 10.4 Å². The Kier molecular flexibility index (Phi) is 6.33. The average Bonchev–Trinajstić information content (AvgIpc) is 3.95. The minimum atomic E-state index is -0.598. The number of hydrogen-bond donors (Lipinski definition) is 4. The number of nitriles is 1. The monoisotopic (exact) mass is 585 g/mol. The van der Waals surface area contributed by atoms with Crippen molar-refractivity contribution in [3.05, 3.63) is 87.2 Å². The highest BCUT2D eigenvalue weighted by Crippen LogP contribution is 2.44. The number of aliphatic hydroxyl groups is 1. The maximum Gasteiger partial charge on any atom is 0.280 e. The van der Waals surface area contributed by atoms with Crippen LogP contribution < -0.4 is 10.9 Å². The van der Waals surface area contributed by atoms with Gasteiger partial charge in [0.05, 0.1) is 29.1 Å². The topological polar surface area (TPSA) is 135 Å². The summed E-state index contributed by atoms with van der Waals surface area (Å²) in [6.07, 6.45) is 10.9. The number of benzene rings is 1. The average molecular weight is 586 g/mol. The molecule has 4 aromatic heterocycles. The first-order valence-corrected chi connectivity index (χ1v) is 15.7. The maximum absolute atomic E-state index is 14.1. The predicted octanol–water partition coefficient (Wildman–Crippen LogP) is 5.71. The van der Waals surface area contributed by atoms with E-state index in [-0.39, 0.29) is 5.56 Å². The van der Waals surface area contributed by atoms with Gasteiger partial charge in [-0.1, -0.05) is 6.07 Å². The third kappa shape index (κ3) is 4.84. The zero-order chi connectivity index (χ0) is 30.0. The molecule has 9 nitrogen and oxygen atoms in total. The van der Waals surface area contributed by atoms with Crippen LogP contribution >= 0.6 is 0 Å². The van der Waals surface area contributed by atoms with Crippen LogP contribution in [0.25, 0.3) is 39.1 Å². The molecule has 0 aliphatic heterocycles. The van der Waals surface area contributed by atoms with Gasteiger partial charge >= 0.3 is 0 Å². The number of aromatic nitrogens is 5. The number of H-pyrrole nitrogens is 2. The van der Waals surface area contributed by atoms with Crippen molar-refractivity contribution in [1.82, 2.24) is 30.0 Å². The summed E-state index contributed by atoms with van der Waals surface area (Å²) in [6.45, 7) is 3.12. The van der Waals surface area contributed by atoms with Gasteiger partial charge in [0.2, 0.25) is 0 Å². The van der Waals surface area contributed by atoms with E-state index >= 15 is 0 Å². The van der Waals surface area contributed by atoms with Gasteiger partial charge < -0.3 is 15.4 Å². The highest BCUT2D eigenvalue weighted by atomic mass is 16.3. The Labute approximate surface area is 255 Å². The smallest absolute Gasteiger partial charge is 0.280 e. The second-order valence-electron chi connectivity index (χ2n) is 13.0. The molecule has 0 unspecified atom stereocenters. The van der Waals surface area contributed by atoms with Crippen LogP contribution in [0.15, 0.2) is 53.6 Å². The van der Waals surface area contributed by atoms with Gasteiger partial charge in [-0.25, -0.2) is 4.98 Å². The summed E-state index contributed by atoms with van der Waals surface area (Å²) in [6, 6.07) is 14.2. The number of pyridine rings is 2. The van der Waals surface area contributed by atoms with Crippen LogP contribution in [0.3, 0.4) is 0 Å². The summed E-state index contributed by atoms with van der Waals surface area (Å²) in [5.74, 6) is 1.41. The van der Waals surface area contributed by atoms with Gasteiger partial charge in [-0.05, 0) is 110 Å². The van der Waals surface area contributed by atoms with E-state index in [0.717, 1.165) is 89.7 Å². The van der Waals surface area contributed by atoms with Gasteiger partial charge in [-0.15, -0.1) is 0 Å². The van der Waals surface area contributed by atoms with E-state index < -0.39 is 5.60 Å². The molecule has 9 heteroatoms. The van der Waals surface area contributed by atoms with Crippen LogP contribution in [-0.4, -0.2) is 42.0 Å². The molecule has 3 aliphatic carbocycles. The molecule has 3 aliphatic rings. The van der Waals surface area contributed by atoms with Gasteiger partial charge in [0.1, 0.15) is 11.3 Å². The molecule has 5 aromatic rings. The van der Waals surface area contributed by atoms with Crippen molar-refractivity contribution in [2.45, 2.75) is 75.9 Å². The van der Waals surface area contributed by atoms with Crippen LogP contribution in [0.1, 0.15) is 84.9 Å². The van der Waals surface area contributed by atoms with Crippen molar-refractivity contribution in [1.29, 1.82) is 5.26 Å². The Balaban J connectivity index is 1.24. The summed E-state index contributed by atoms with van der Waals surface area (Å²) in [4.78, 5) is 22.6. The second kappa shape index (κ2) is 10.3. The molecule has 8 rings (SSSR count). The summed E-state index contributed by atoms with van der Waals surface area (Å²) in [5, 5.41) is 31.9. The van der Waals surface area contributed by atoms with E-state index in [1.165, 1.54) is 5.56 Å². The number of rotatable bonds is 9. The van der Waals surface area contributed by atoms with E-state index in [0.29, 0.717) is 41.8 Å². The number of aryl methyl sites for hydroxylation is 1. The fraction of sp³-hybridized carbons (Fsp3) is 0.371. The van der Waals surface area contributed by atoms with Crippen molar-refractivity contribution < 1.29 is 5.11 Å². The minimum Gasteiger partial charge on any atom is -0.389 e. The largest absolute Gasteiger partial charge is 0.389 e. The van der Waals surface area contributed by atoms with Crippen LogP contribution in [0.4, 0.5) is 0 Å². The third-order valence-electron chi connectivity index (χ3n) is 9.59. The molecular weight excluding hydrogens is 550 g/mol. The van der Waals surface area contributed by atoms with Crippen molar-refractivity contribution in [2.75, 3.05) is 6.54 Å². The molecule has 4 N–H and O–H groups in total. The number of nitrogens with zero attached hydrogens (tertiary/aromatic N) is 4. The number of nitrogens with one attached hydrogen (secondary N) is 3. The molecular formula is C35H35N7O2. The standard InChI is InChI=1S/C35H35N7O2/c1-20-16-38-41-32(20)27-11-21(15-36)3-8-26(27)24-12-30(23-6-7-23)40-31(13-24)42-18-29(22-4-5-22)28-14-25(39-33(28)34(42)43)17-37-19-35(44)9-2-10-35/h3,8,11-14,16,18,22-23,37,39,44H,2,4-7,9-10,17,19H2,1H3,(H,38,41). The molecule has 44 heavy (non-hydrogen) atoms. The molecule has 0 radical (unpaired) electrons. The molecule has 222 valence electrons. The third-order valence-corrected chi connectivity index (χ3v) is 9.59. The Morgan fingerprint density at radius 2 is 1.93 bits per heavy atom. The maximum atomic E-state index is 14.1. The highest BCUT2D eigenvalue weighted by molar-refractivity contribution is 5.86. The Morgan fingerprint density at radius 1 is 1.11 bits per heavy atom. The Hall–Kier alpha value is -4.52. The van der Waals surface area contributed by atoms with E-state index in [1.54, 1.807) is 10.8 Å². The Bertz CT molecular complexity index is 2020. The first-order valence-electron chi connectivity index (χ1n) is 15.7. The highest BCUT2D eigenvalue weighted by Gasteiger charge is 2.34. The van der Waals surface area contributed by atoms with E-state index in [9.17, 15) is 15.2 Å². The van der Waals surface area contributed by atoms with Crippen molar-refractivity contribution in [2.24, 2.45) is 0 Å². The fourth-order valence-electron chi connectivity index (χ4n) is 6.57. The predicted molar refractivity (Wildman–Crippen MR) is 169 cm³/mol. The molecule has 3 fully saturated rings. The number of fused-ring (bicyclic) bond motifs is 1. The molecule has 4 heterocycles. The fourth-order valence-corrected chi connectivity index (χ4v) is 6.57. The first kappa shape index (κ1) is 27.1. The van der Waals surface area contributed by atoms with Crippen LogP contribution in [0, 0.1) is 18.3 Å². The molecule has 0 bridgehead atoms. The summed E-state index contributed by atoms with van der Waals surface area (Å²) in [5.41, 5.74) is 8.22. The zero-order valence-corrected chi connectivity index (χ0v) is 24.8. The zero-order valence-electron chi connectivity index (χ0n) is 24.8. The lowest BCUT2D eigenvalue weighted by molar-refractivity contribution is -0.0315. The molecule has 3 saturated carbocycles. The molecule has 0 spiro atoms. The lowest BCUT2D eigenvalue weighted by Gasteiger charge is -2.36. The lowest BCUT2D eigenvalue weighted by Crippen LogP contribution is -2.46. The van der Waals surface area contributed by atoms with E-state index in [2.05, 4.69) is 38.7 Å². The molecule has 1 aromatic carbocycles. The summed E-state index contributed by atoms with van der Waals surface area (Å²) >= 11 is 0. The molecule has 0 atom stereocenters. The van der Waals surface area contributed by atoms with Crippen LogP contribution in [0.2, 0.25) is 0 Å². The van der Waals surface area contributed by atoms with Gasteiger partial charge in [0, 0.05) is 47.5 Å². The summed E-state index contributed by atoms with van der Waals surface area (Å²) < 4.78 is 1.72. The van der Waals surface area contributed by atoms with Gasteiger partial charge in [-0.3, -0.25) is 14.5 Å². The normalized spacial score (nSPS) is 17.5.